The van der Waals surface area contributed by atoms with E-state index in [1.807, 2.05) is 6.07 Å². The molecule has 1 aliphatic rings. The van der Waals surface area contributed by atoms with Crippen LogP contribution in [0.2, 0.25) is 10.0 Å². The number of aliphatic hydroxyl groups is 1. The molecule has 1 heterocycles. The summed E-state index contributed by atoms with van der Waals surface area (Å²) in [4.78, 5) is 13.3. The van der Waals surface area contributed by atoms with Gasteiger partial charge in [-0.15, -0.1) is 11.3 Å². The Hall–Kier alpha value is -1.78. The highest BCUT2D eigenvalue weighted by atomic mass is 35.5. The molecule has 0 unspecified atom stereocenters. The number of halogens is 2. The Kier molecular flexibility index (Phi) is 8.01. The number of carbonyl (C=O) groups is 1. The molecule has 0 spiro atoms. The van der Waals surface area contributed by atoms with Gasteiger partial charge in [-0.05, 0) is 61.9 Å². The number of carbonyl (C=O) groups excluding carboxylic acids is 1. The molecule has 30 heavy (non-hydrogen) atoms. The van der Waals surface area contributed by atoms with Gasteiger partial charge in [0.15, 0.2) is 0 Å². The van der Waals surface area contributed by atoms with Crippen LogP contribution in [0.4, 0.5) is 0 Å². The fourth-order valence-corrected chi connectivity index (χ4v) is 5.50. The Morgan fingerprint density at radius 1 is 1.27 bits per heavy atom. The first-order valence-electron chi connectivity index (χ1n) is 9.75. The molecule has 1 aliphatic carbocycles. The first kappa shape index (κ1) is 22.9. The molecule has 1 N–H and O–H groups in total. The highest BCUT2D eigenvalue weighted by Gasteiger charge is 2.42. The second-order valence-electron chi connectivity index (χ2n) is 7.43. The number of ether oxygens (including phenoxy) is 2. The molecule has 0 radical (unpaired) electrons. The van der Waals surface area contributed by atoms with Crippen LogP contribution in [0, 0.1) is 29.1 Å². The monoisotopic (exact) mass is 467 g/mol. The minimum Gasteiger partial charge on any atom is -0.493 e. The lowest BCUT2D eigenvalue weighted by molar-refractivity contribution is 0.0606. The van der Waals surface area contributed by atoms with E-state index in [9.17, 15) is 15.2 Å². The van der Waals surface area contributed by atoms with Crippen LogP contribution in [0.15, 0.2) is 30.3 Å². The lowest BCUT2D eigenvalue weighted by Gasteiger charge is -2.23. The predicted molar refractivity (Wildman–Crippen MR) is 117 cm³/mol. The first-order chi connectivity index (χ1) is 14.4. The molecular weight excluding hydrogens is 445 g/mol. The molecule has 0 amide bonds. The van der Waals surface area contributed by atoms with Gasteiger partial charge in [0.1, 0.15) is 10.6 Å². The molecule has 8 heteroatoms. The van der Waals surface area contributed by atoms with E-state index < -0.39 is 6.10 Å². The minimum absolute atomic E-state index is 0.0414. The van der Waals surface area contributed by atoms with Gasteiger partial charge in [-0.2, -0.15) is 5.26 Å². The topological polar surface area (TPSA) is 79.6 Å². The van der Waals surface area contributed by atoms with Crippen LogP contribution in [0.1, 0.15) is 33.8 Å². The zero-order valence-corrected chi connectivity index (χ0v) is 18.8. The summed E-state index contributed by atoms with van der Waals surface area (Å²) in [7, 11) is 1.37. The van der Waals surface area contributed by atoms with Crippen molar-refractivity contribution < 1.29 is 19.4 Å². The lowest BCUT2D eigenvalue weighted by Crippen LogP contribution is -2.27. The third kappa shape index (κ3) is 5.67. The van der Waals surface area contributed by atoms with Gasteiger partial charge in [-0.3, -0.25) is 0 Å². The van der Waals surface area contributed by atoms with Crippen LogP contribution in [-0.4, -0.2) is 30.9 Å². The highest BCUT2D eigenvalue weighted by molar-refractivity contribution is 7.13. The molecule has 1 aromatic carbocycles. The first-order valence-corrected chi connectivity index (χ1v) is 11.3. The standard InChI is InChI=1S/C22H23Cl2NO4S/c1-28-22(27)21-6-5-17(30-21)3-2-4-18-13(11-25)7-20(26)19(18)12-29-16-9-14(23)8-15(24)10-16/h5-6,8-10,13,18-20,26H,2-4,7,12H2,1H3/t13-,18-,19+,20+/m0/s1. The van der Waals surface area contributed by atoms with Gasteiger partial charge in [0, 0.05) is 20.8 Å². The van der Waals surface area contributed by atoms with Crippen LogP contribution in [0.5, 0.6) is 5.75 Å². The Morgan fingerprint density at radius 3 is 2.67 bits per heavy atom. The van der Waals surface area contributed by atoms with E-state index >= 15 is 0 Å². The molecule has 5 nitrogen and oxygen atoms in total. The number of esters is 1. The van der Waals surface area contributed by atoms with Crippen LogP contribution in [-0.2, 0) is 11.2 Å². The average molecular weight is 468 g/mol. The van der Waals surface area contributed by atoms with E-state index in [1.165, 1.54) is 18.4 Å². The SMILES string of the molecule is COC(=O)c1ccc(CCC[C@@H]2[C@@H](COc3cc(Cl)cc(Cl)c3)[C@H](O)C[C@H]2C#N)s1. The number of thiophene rings is 1. The maximum Gasteiger partial charge on any atom is 0.348 e. The zero-order chi connectivity index (χ0) is 21.7. The molecule has 0 bridgehead atoms. The van der Waals surface area contributed by atoms with Gasteiger partial charge < -0.3 is 14.6 Å². The van der Waals surface area contributed by atoms with E-state index in [2.05, 4.69) is 6.07 Å². The summed E-state index contributed by atoms with van der Waals surface area (Å²) in [6, 6.07) is 11.1. The second kappa shape index (κ2) is 10.5. The molecule has 1 fully saturated rings. The van der Waals surface area contributed by atoms with E-state index in [1.54, 1.807) is 24.3 Å². The van der Waals surface area contributed by atoms with Crippen molar-refractivity contribution in [3.63, 3.8) is 0 Å². The van der Waals surface area contributed by atoms with E-state index in [4.69, 9.17) is 32.7 Å². The van der Waals surface area contributed by atoms with E-state index in [-0.39, 0.29) is 23.7 Å². The molecular formula is C22H23Cl2NO4S. The number of aliphatic hydroxyl groups excluding tert-OH is 1. The third-order valence-electron chi connectivity index (χ3n) is 5.51. The smallest absolute Gasteiger partial charge is 0.348 e. The third-order valence-corrected chi connectivity index (χ3v) is 7.07. The summed E-state index contributed by atoms with van der Waals surface area (Å²) in [5.74, 6) is -0.0765. The number of hydrogen-bond donors (Lipinski definition) is 1. The number of methoxy groups -OCH3 is 1. The van der Waals surface area contributed by atoms with Gasteiger partial charge in [0.05, 0.1) is 31.8 Å². The zero-order valence-electron chi connectivity index (χ0n) is 16.5. The van der Waals surface area contributed by atoms with Crippen molar-refractivity contribution in [3.8, 4) is 11.8 Å². The average Bonchev–Trinajstić information content (AvgIpc) is 3.29. The maximum absolute atomic E-state index is 11.6. The quantitative estimate of drug-likeness (QED) is 0.527. The Bertz CT molecular complexity index is 906. The van der Waals surface area contributed by atoms with Gasteiger partial charge in [0.2, 0.25) is 0 Å². The fraction of sp³-hybridized carbons (Fsp3) is 0.455. The van der Waals surface area contributed by atoms with Crippen molar-refractivity contribution in [2.75, 3.05) is 13.7 Å². The molecule has 4 atom stereocenters. The van der Waals surface area contributed by atoms with Crippen LogP contribution < -0.4 is 4.74 Å². The number of nitriles is 1. The van der Waals surface area contributed by atoms with Crippen molar-refractivity contribution in [2.24, 2.45) is 17.8 Å². The molecule has 2 aromatic rings. The van der Waals surface area contributed by atoms with E-state index in [0.29, 0.717) is 33.7 Å². The largest absolute Gasteiger partial charge is 0.493 e. The summed E-state index contributed by atoms with van der Waals surface area (Å²) >= 11 is 13.5. The summed E-state index contributed by atoms with van der Waals surface area (Å²) in [6.45, 7) is 0.298. The second-order valence-corrected chi connectivity index (χ2v) is 9.47. The number of hydrogen-bond acceptors (Lipinski definition) is 6. The Balaban J connectivity index is 1.59. The summed E-state index contributed by atoms with van der Waals surface area (Å²) in [6.07, 6.45) is 2.34. The van der Waals surface area contributed by atoms with Gasteiger partial charge in [-0.25, -0.2) is 4.79 Å². The molecule has 1 saturated carbocycles. The van der Waals surface area contributed by atoms with Crippen molar-refractivity contribution in [2.45, 2.75) is 31.8 Å². The van der Waals surface area contributed by atoms with Gasteiger partial charge in [0.25, 0.3) is 0 Å². The Morgan fingerprint density at radius 2 is 2.00 bits per heavy atom. The predicted octanol–water partition coefficient (Wildman–Crippen LogP) is 5.38. The van der Waals surface area contributed by atoms with Crippen LogP contribution in [0.3, 0.4) is 0 Å². The summed E-state index contributed by atoms with van der Waals surface area (Å²) in [5, 5.41) is 21.0. The molecule has 0 aliphatic heterocycles. The van der Waals surface area contributed by atoms with Gasteiger partial charge >= 0.3 is 5.97 Å². The van der Waals surface area contributed by atoms with Crippen LogP contribution in [0.25, 0.3) is 0 Å². The normalized spacial score (nSPS) is 23.2. The molecule has 3 rings (SSSR count). The van der Waals surface area contributed by atoms with Gasteiger partial charge in [-0.1, -0.05) is 23.2 Å². The van der Waals surface area contributed by atoms with Crippen molar-refractivity contribution in [3.05, 3.63) is 50.1 Å². The number of nitrogens with zero attached hydrogens (tertiary/aromatic N) is 1. The molecule has 1 aromatic heterocycles. The molecule has 0 saturated heterocycles. The highest BCUT2D eigenvalue weighted by Crippen LogP contribution is 2.41. The fourth-order valence-electron chi connectivity index (χ4n) is 4.03. The number of rotatable bonds is 8. The minimum atomic E-state index is -0.582. The maximum atomic E-state index is 11.6. The van der Waals surface area contributed by atoms with Crippen molar-refractivity contribution in [1.82, 2.24) is 0 Å². The van der Waals surface area contributed by atoms with Crippen molar-refractivity contribution in [1.29, 1.82) is 5.26 Å². The molecule has 160 valence electrons. The van der Waals surface area contributed by atoms with E-state index in [0.717, 1.165) is 24.1 Å². The van der Waals surface area contributed by atoms with Crippen LogP contribution >= 0.6 is 34.5 Å². The lowest BCUT2D eigenvalue weighted by atomic mass is 9.85. The number of benzene rings is 1. The van der Waals surface area contributed by atoms with Crippen molar-refractivity contribution >= 4 is 40.5 Å². The summed E-state index contributed by atoms with van der Waals surface area (Å²) < 4.78 is 10.6. The summed E-state index contributed by atoms with van der Waals surface area (Å²) in [5.41, 5.74) is 0. The number of aryl methyl sites for hydroxylation is 1. The Labute approximate surface area is 190 Å².